The first kappa shape index (κ1) is 14.0. The summed E-state index contributed by atoms with van der Waals surface area (Å²) in [7, 11) is 0. The molecule has 0 bridgehead atoms. The first-order valence-electron chi connectivity index (χ1n) is 3.56. The topological polar surface area (TPSA) is 9.23 Å². The van der Waals surface area contributed by atoms with E-state index in [9.17, 15) is 30.7 Å². The molecule has 1 unspecified atom stereocenters. The van der Waals surface area contributed by atoms with E-state index in [4.69, 9.17) is 0 Å². The van der Waals surface area contributed by atoms with Crippen molar-refractivity contribution < 1.29 is 35.5 Å². The fourth-order valence-electron chi connectivity index (χ4n) is 0.753. The van der Waals surface area contributed by atoms with Crippen molar-refractivity contribution in [1.82, 2.24) is 0 Å². The molecule has 0 aromatic rings. The van der Waals surface area contributed by atoms with Gasteiger partial charge < -0.3 is 4.74 Å². The molecule has 8 heteroatoms. The molecule has 0 rings (SSSR count). The van der Waals surface area contributed by atoms with Crippen LogP contribution in [0.1, 0.15) is 0 Å². The molecular weight excluding hydrogens is 233 g/mol. The number of halogens is 7. The van der Waals surface area contributed by atoms with Crippen LogP contribution < -0.4 is 0 Å². The van der Waals surface area contributed by atoms with Gasteiger partial charge >= 0.3 is 18.3 Å². The number of rotatable bonds is 6. The Hall–Kier alpha value is -0.950. The highest BCUT2D eigenvalue weighted by Gasteiger charge is 2.61. The molecule has 0 amide bonds. The van der Waals surface area contributed by atoms with Crippen molar-refractivity contribution in [2.75, 3.05) is 6.67 Å². The molecule has 0 fully saturated rings. The molecule has 0 N–H and O–H groups in total. The lowest BCUT2D eigenvalue weighted by molar-refractivity contribution is -0.259. The summed E-state index contributed by atoms with van der Waals surface area (Å²) in [5.41, 5.74) is 0. The number of alkyl halides is 7. The molecule has 0 spiro atoms. The van der Waals surface area contributed by atoms with Crippen molar-refractivity contribution in [2.45, 2.75) is 24.4 Å². The Morgan fingerprint density at radius 2 is 1.67 bits per heavy atom. The van der Waals surface area contributed by atoms with E-state index in [1.807, 2.05) is 0 Å². The third kappa shape index (κ3) is 3.00. The zero-order valence-corrected chi connectivity index (χ0v) is 7.20. The van der Waals surface area contributed by atoms with Gasteiger partial charge in [-0.1, -0.05) is 6.58 Å². The Balaban J connectivity index is 5.04. The summed E-state index contributed by atoms with van der Waals surface area (Å²) in [4.78, 5) is 0. The van der Waals surface area contributed by atoms with Crippen molar-refractivity contribution in [3.05, 3.63) is 12.8 Å². The Kier molecular flexibility index (Phi) is 4.42. The fraction of sp³-hybridized carbons (Fsp3) is 0.714. The van der Waals surface area contributed by atoms with Crippen LogP contribution in [0, 0.1) is 0 Å². The monoisotopic (exact) mass is 240 g/mol. The second-order valence-electron chi connectivity index (χ2n) is 2.55. The Morgan fingerprint density at radius 1 is 1.20 bits per heavy atom. The van der Waals surface area contributed by atoms with E-state index in [2.05, 4.69) is 11.3 Å². The maximum Gasteiger partial charge on any atom is 0.349 e. The predicted molar refractivity (Wildman–Crippen MR) is 36.9 cm³/mol. The minimum absolute atomic E-state index is 0.129. The maximum atomic E-state index is 12.5. The van der Waals surface area contributed by atoms with Crippen LogP contribution in [0.4, 0.5) is 30.7 Å². The van der Waals surface area contributed by atoms with Gasteiger partial charge in [0, 0.05) is 0 Å². The van der Waals surface area contributed by atoms with Crippen molar-refractivity contribution in [1.29, 1.82) is 0 Å². The standard InChI is InChI=1S/C7H7F7O/c1-2-15-4(6(11,12)3-8)7(13,14)5(9)10/h2,4-5H,1,3H2. The zero-order valence-electron chi connectivity index (χ0n) is 7.20. The van der Waals surface area contributed by atoms with Crippen molar-refractivity contribution in [2.24, 2.45) is 0 Å². The lowest BCUT2D eigenvalue weighted by Gasteiger charge is -2.30. The van der Waals surface area contributed by atoms with E-state index >= 15 is 0 Å². The van der Waals surface area contributed by atoms with E-state index in [1.54, 1.807) is 0 Å². The summed E-state index contributed by atoms with van der Waals surface area (Å²) in [6.07, 6.45) is -7.84. The molecule has 0 aliphatic carbocycles. The molecule has 0 saturated carbocycles. The maximum absolute atomic E-state index is 12.5. The van der Waals surface area contributed by atoms with Gasteiger partial charge in [-0.3, -0.25) is 0 Å². The summed E-state index contributed by atoms with van der Waals surface area (Å²) in [6, 6.07) is 0. The van der Waals surface area contributed by atoms with Gasteiger partial charge in [0.15, 0.2) is 6.67 Å². The first-order valence-corrected chi connectivity index (χ1v) is 3.56. The SMILES string of the molecule is C=COC(C(F)(F)CF)C(F)(F)C(F)F. The lowest BCUT2D eigenvalue weighted by atomic mass is 10.1. The summed E-state index contributed by atoms with van der Waals surface area (Å²) < 4.78 is 88.7. The molecule has 90 valence electrons. The Morgan fingerprint density at radius 3 is 1.93 bits per heavy atom. The van der Waals surface area contributed by atoms with Crippen LogP contribution in [-0.2, 0) is 4.74 Å². The number of hydrogen-bond acceptors (Lipinski definition) is 1. The molecule has 0 aromatic heterocycles. The van der Waals surface area contributed by atoms with Crippen molar-refractivity contribution in [3.8, 4) is 0 Å². The Bertz CT molecular complexity index is 215. The minimum atomic E-state index is -5.16. The molecule has 0 aromatic carbocycles. The molecular formula is C7H7F7O. The minimum Gasteiger partial charge on any atom is -0.486 e. The fourth-order valence-corrected chi connectivity index (χ4v) is 0.753. The molecule has 0 aliphatic rings. The highest BCUT2D eigenvalue weighted by molar-refractivity contribution is 4.92. The quantitative estimate of drug-likeness (QED) is 0.512. The molecule has 1 nitrogen and oxygen atoms in total. The average Bonchev–Trinajstić information content (AvgIpc) is 2.13. The highest BCUT2D eigenvalue weighted by Crippen LogP contribution is 2.38. The summed E-state index contributed by atoms with van der Waals surface area (Å²) in [5, 5.41) is 0. The summed E-state index contributed by atoms with van der Waals surface area (Å²) >= 11 is 0. The predicted octanol–water partition coefficient (Wildman–Crippen LogP) is 3.02. The van der Waals surface area contributed by atoms with E-state index in [1.165, 1.54) is 0 Å². The van der Waals surface area contributed by atoms with Gasteiger partial charge in [0.2, 0.25) is 6.10 Å². The number of hydrogen-bond donors (Lipinski definition) is 0. The zero-order chi connectivity index (χ0) is 12.3. The van der Waals surface area contributed by atoms with E-state index in [-0.39, 0.29) is 6.26 Å². The largest absolute Gasteiger partial charge is 0.486 e. The lowest BCUT2D eigenvalue weighted by Crippen LogP contribution is -2.53. The van der Waals surface area contributed by atoms with Crippen LogP contribution in [0.3, 0.4) is 0 Å². The summed E-state index contributed by atoms with van der Waals surface area (Å²) in [5.74, 6) is -9.88. The third-order valence-corrected chi connectivity index (χ3v) is 1.43. The van der Waals surface area contributed by atoms with Crippen LogP contribution in [0.5, 0.6) is 0 Å². The molecule has 0 aliphatic heterocycles. The Labute approximate surface area is 80.5 Å². The van der Waals surface area contributed by atoms with Gasteiger partial charge in [-0.15, -0.1) is 0 Å². The van der Waals surface area contributed by atoms with Gasteiger partial charge in [-0.25, -0.2) is 13.2 Å². The summed E-state index contributed by atoms with van der Waals surface area (Å²) in [6.45, 7) is 0.131. The van der Waals surface area contributed by atoms with Crippen LogP contribution in [-0.4, -0.2) is 31.0 Å². The van der Waals surface area contributed by atoms with E-state index < -0.39 is 31.0 Å². The highest BCUT2D eigenvalue weighted by atomic mass is 19.3. The molecule has 0 radical (unpaired) electrons. The van der Waals surface area contributed by atoms with Gasteiger partial charge in [0.05, 0.1) is 6.26 Å². The van der Waals surface area contributed by atoms with E-state index in [0.717, 1.165) is 0 Å². The van der Waals surface area contributed by atoms with Gasteiger partial charge in [0.25, 0.3) is 0 Å². The second kappa shape index (κ2) is 4.71. The van der Waals surface area contributed by atoms with Gasteiger partial charge in [0.1, 0.15) is 0 Å². The van der Waals surface area contributed by atoms with Crippen LogP contribution >= 0.6 is 0 Å². The van der Waals surface area contributed by atoms with Crippen molar-refractivity contribution >= 4 is 0 Å². The normalized spacial score (nSPS) is 15.2. The number of ether oxygens (including phenoxy) is 1. The molecule has 15 heavy (non-hydrogen) atoms. The molecule has 0 saturated heterocycles. The average molecular weight is 240 g/mol. The smallest absolute Gasteiger partial charge is 0.349 e. The van der Waals surface area contributed by atoms with Crippen LogP contribution in [0.2, 0.25) is 0 Å². The molecule has 1 atom stereocenters. The van der Waals surface area contributed by atoms with Crippen LogP contribution in [0.25, 0.3) is 0 Å². The van der Waals surface area contributed by atoms with Gasteiger partial charge in [-0.05, 0) is 0 Å². The van der Waals surface area contributed by atoms with E-state index in [0.29, 0.717) is 0 Å². The third-order valence-electron chi connectivity index (χ3n) is 1.43. The van der Waals surface area contributed by atoms with Crippen LogP contribution in [0.15, 0.2) is 12.8 Å². The first-order chi connectivity index (χ1) is 6.70. The van der Waals surface area contributed by atoms with Crippen molar-refractivity contribution in [3.63, 3.8) is 0 Å². The molecule has 0 heterocycles. The van der Waals surface area contributed by atoms with Gasteiger partial charge in [-0.2, -0.15) is 17.6 Å². The second-order valence-corrected chi connectivity index (χ2v) is 2.55.